The summed E-state index contributed by atoms with van der Waals surface area (Å²) in [6, 6.07) is -0.0368. The third kappa shape index (κ3) is 2.81. The van der Waals surface area contributed by atoms with Crippen LogP contribution in [-0.4, -0.2) is 25.2 Å². The Morgan fingerprint density at radius 1 is 1.58 bits per heavy atom. The number of ether oxygens (including phenoxy) is 1. The van der Waals surface area contributed by atoms with Crippen molar-refractivity contribution in [3.63, 3.8) is 0 Å². The van der Waals surface area contributed by atoms with Crippen molar-refractivity contribution >= 4 is 5.97 Å². The Balaban J connectivity index is 2.20. The average Bonchev–Trinajstić information content (AvgIpc) is 2.15. The highest BCUT2D eigenvalue weighted by molar-refractivity contribution is 5.75. The third-order valence-corrected chi connectivity index (χ3v) is 2.04. The van der Waals surface area contributed by atoms with Gasteiger partial charge in [0.05, 0.1) is 6.61 Å². The molecule has 1 aliphatic heterocycles. The van der Waals surface area contributed by atoms with Crippen LogP contribution in [0.15, 0.2) is 0 Å². The van der Waals surface area contributed by atoms with Gasteiger partial charge in [-0.1, -0.05) is 13.3 Å². The summed E-state index contributed by atoms with van der Waals surface area (Å²) in [5.74, 6) is -0.0726. The Morgan fingerprint density at radius 3 is 3.00 bits per heavy atom. The number of rotatable bonds is 3. The zero-order valence-corrected chi connectivity index (χ0v) is 7.64. The lowest BCUT2D eigenvalue weighted by atomic mass is 10.1. The van der Waals surface area contributed by atoms with E-state index in [4.69, 9.17) is 4.74 Å². The molecule has 1 rings (SSSR count). The zero-order chi connectivity index (χ0) is 8.81. The normalized spacial score (nSPS) is 23.6. The second-order valence-electron chi connectivity index (χ2n) is 3.17. The van der Waals surface area contributed by atoms with Crippen molar-refractivity contribution in [2.75, 3.05) is 13.2 Å². The molecule has 0 aromatic carbocycles. The summed E-state index contributed by atoms with van der Waals surface area (Å²) in [5.41, 5.74) is 0. The summed E-state index contributed by atoms with van der Waals surface area (Å²) in [6.45, 7) is 3.50. The molecule has 0 aliphatic carbocycles. The minimum atomic E-state index is -0.0726. The van der Waals surface area contributed by atoms with Crippen LogP contribution in [0.25, 0.3) is 0 Å². The maximum absolute atomic E-state index is 11.3. The number of carbonyl (C=O) groups is 1. The average molecular weight is 171 g/mol. The van der Waals surface area contributed by atoms with Gasteiger partial charge in [-0.15, -0.1) is 0 Å². The molecule has 3 nitrogen and oxygen atoms in total. The minimum Gasteiger partial charge on any atom is -0.465 e. The fourth-order valence-electron chi connectivity index (χ4n) is 1.36. The van der Waals surface area contributed by atoms with Gasteiger partial charge in [-0.2, -0.15) is 0 Å². The number of piperidine rings is 1. The van der Waals surface area contributed by atoms with E-state index < -0.39 is 0 Å². The van der Waals surface area contributed by atoms with E-state index in [0.29, 0.717) is 6.61 Å². The third-order valence-electron chi connectivity index (χ3n) is 2.04. The molecule has 0 amide bonds. The Labute approximate surface area is 73.5 Å². The van der Waals surface area contributed by atoms with Crippen LogP contribution in [0.4, 0.5) is 0 Å². The van der Waals surface area contributed by atoms with Crippen molar-refractivity contribution in [3.05, 3.63) is 0 Å². The summed E-state index contributed by atoms with van der Waals surface area (Å²) in [5, 5.41) is 3.15. The van der Waals surface area contributed by atoms with E-state index in [9.17, 15) is 4.79 Å². The summed E-state index contributed by atoms with van der Waals surface area (Å²) in [7, 11) is 0. The van der Waals surface area contributed by atoms with E-state index in [1.807, 2.05) is 6.92 Å². The van der Waals surface area contributed by atoms with Gasteiger partial charge in [0, 0.05) is 0 Å². The van der Waals surface area contributed by atoms with Crippen molar-refractivity contribution in [2.24, 2.45) is 0 Å². The lowest BCUT2D eigenvalue weighted by Gasteiger charge is -2.21. The molecule has 1 N–H and O–H groups in total. The lowest BCUT2D eigenvalue weighted by Crippen LogP contribution is -2.41. The lowest BCUT2D eigenvalue weighted by molar-refractivity contribution is -0.146. The van der Waals surface area contributed by atoms with Crippen molar-refractivity contribution in [3.8, 4) is 0 Å². The van der Waals surface area contributed by atoms with Crippen LogP contribution < -0.4 is 5.32 Å². The second-order valence-corrected chi connectivity index (χ2v) is 3.17. The molecule has 1 heterocycles. The van der Waals surface area contributed by atoms with Crippen molar-refractivity contribution < 1.29 is 9.53 Å². The standard InChI is InChI=1S/C9H17NO2/c1-2-7-12-9(11)8-5-3-4-6-10-8/h8,10H,2-7H2,1H3/t8-/m0/s1. The van der Waals surface area contributed by atoms with E-state index in [1.165, 1.54) is 6.42 Å². The molecule has 3 heteroatoms. The first-order chi connectivity index (χ1) is 5.84. The Morgan fingerprint density at radius 2 is 2.42 bits per heavy atom. The van der Waals surface area contributed by atoms with Gasteiger partial charge in [-0.3, -0.25) is 4.79 Å². The molecular formula is C9H17NO2. The topological polar surface area (TPSA) is 38.3 Å². The number of hydrogen-bond donors (Lipinski definition) is 1. The van der Waals surface area contributed by atoms with Crippen LogP contribution in [0, 0.1) is 0 Å². The fraction of sp³-hybridized carbons (Fsp3) is 0.889. The number of esters is 1. The van der Waals surface area contributed by atoms with E-state index in [2.05, 4.69) is 5.32 Å². The largest absolute Gasteiger partial charge is 0.465 e. The molecule has 0 aromatic rings. The molecule has 12 heavy (non-hydrogen) atoms. The SMILES string of the molecule is CCCOC(=O)[C@@H]1CCCCN1. The van der Waals surface area contributed by atoms with Crippen LogP contribution in [0.1, 0.15) is 32.6 Å². The molecule has 0 saturated carbocycles. The van der Waals surface area contributed by atoms with E-state index >= 15 is 0 Å². The van der Waals surface area contributed by atoms with E-state index in [-0.39, 0.29) is 12.0 Å². The summed E-state index contributed by atoms with van der Waals surface area (Å²) >= 11 is 0. The van der Waals surface area contributed by atoms with E-state index in [1.54, 1.807) is 0 Å². The highest BCUT2D eigenvalue weighted by Crippen LogP contribution is 2.08. The molecule has 0 spiro atoms. The first-order valence-corrected chi connectivity index (χ1v) is 4.74. The summed E-state index contributed by atoms with van der Waals surface area (Å²) in [4.78, 5) is 11.3. The summed E-state index contributed by atoms with van der Waals surface area (Å²) < 4.78 is 5.03. The number of carbonyl (C=O) groups excluding carboxylic acids is 1. The fourth-order valence-corrected chi connectivity index (χ4v) is 1.36. The molecule has 1 atom stereocenters. The highest BCUT2D eigenvalue weighted by atomic mass is 16.5. The first-order valence-electron chi connectivity index (χ1n) is 4.74. The van der Waals surface area contributed by atoms with Gasteiger partial charge in [-0.25, -0.2) is 0 Å². The molecule has 0 radical (unpaired) electrons. The van der Waals surface area contributed by atoms with Gasteiger partial charge in [0.2, 0.25) is 0 Å². The van der Waals surface area contributed by atoms with Gasteiger partial charge in [0.1, 0.15) is 6.04 Å². The molecule has 0 bridgehead atoms. The highest BCUT2D eigenvalue weighted by Gasteiger charge is 2.21. The molecule has 0 unspecified atom stereocenters. The van der Waals surface area contributed by atoms with Crippen molar-refractivity contribution in [2.45, 2.75) is 38.6 Å². The molecule has 1 aliphatic rings. The quantitative estimate of drug-likeness (QED) is 0.646. The first kappa shape index (κ1) is 9.52. The Kier molecular flexibility index (Phi) is 4.08. The zero-order valence-electron chi connectivity index (χ0n) is 7.64. The van der Waals surface area contributed by atoms with Crippen LogP contribution >= 0.6 is 0 Å². The maximum Gasteiger partial charge on any atom is 0.323 e. The molecule has 1 saturated heterocycles. The molecule has 70 valence electrons. The minimum absolute atomic E-state index is 0.0368. The Bertz CT molecular complexity index is 141. The number of hydrogen-bond acceptors (Lipinski definition) is 3. The molecular weight excluding hydrogens is 154 g/mol. The second kappa shape index (κ2) is 5.14. The van der Waals surface area contributed by atoms with Gasteiger partial charge in [-0.05, 0) is 25.8 Å². The van der Waals surface area contributed by atoms with Crippen LogP contribution in [0.3, 0.4) is 0 Å². The Hall–Kier alpha value is -0.570. The smallest absolute Gasteiger partial charge is 0.323 e. The van der Waals surface area contributed by atoms with Crippen molar-refractivity contribution in [1.82, 2.24) is 5.32 Å². The van der Waals surface area contributed by atoms with Gasteiger partial charge in [0.15, 0.2) is 0 Å². The van der Waals surface area contributed by atoms with Crippen molar-refractivity contribution in [1.29, 1.82) is 0 Å². The predicted molar refractivity (Wildman–Crippen MR) is 46.9 cm³/mol. The van der Waals surface area contributed by atoms with Crippen LogP contribution in [-0.2, 0) is 9.53 Å². The predicted octanol–water partition coefficient (Wildman–Crippen LogP) is 1.08. The molecule has 0 aromatic heterocycles. The maximum atomic E-state index is 11.3. The van der Waals surface area contributed by atoms with Crippen LogP contribution in [0.5, 0.6) is 0 Å². The molecule has 1 fully saturated rings. The van der Waals surface area contributed by atoms with Gasteiger partial charge < -0.3 is 10.1 Å². The number of nitrogens with one attached hydrogen (secondary N) is 1. The summed E-state index contributed by atoms with van der Waals surface area (Å²) in [6.07, 6.45) is 4.15. The van der Waals surface area contributed by atoms with Crippen LogP contribution in [0.2, 0.25) is 0 Å². The van der Waals surface area contributed by atoms with E-state index in [0.717, 1.165) is 25.8 Å². The monoisotopic (exact) mass is 171 g/mol. The van der Waals surface area contributed by atoms with Gasteiger partial charge >= 0.3 is 5.97 Å². The van der Waals surface area contributed by atoms with Gasteiger partial charge in [0.25, 0.3) is 0 Å².